The fraction of sp³-hybridized carbons (Fsp3) is 0.923. The molecule has 0 spiro atoms. The minimum atomic E-state index is -2.83. The molecule has 40 heavy (non-hydrogen) atoms. The number of likely N-dealkylation sites (tertiary alicyclic amines) is 1. The molecule has 5 aliphatic rings. The van der Waals surface area contributed by atoms with Crippen molar-refractivity contribution in [1.82, 2.24) is 31.5 Å². The number of ether oxygens (including phenoxy) is 2. The molecule has 12 unspecified atom stereocenters. The number of fused-ring (bicyclic) bond motifs is 1. The van der Waals surface area contributed by atoms with Crippen LogP contribution in [-0.4, -0.2) is 103 Å². The van der Waals surface area contributed by atoms with E-state index in [4.69, 9.17) is 16.3 Å². The van der Waals surface area contributed by atoms with Crippen molar-refractivity contribution in [3.8, 4) is 0 Å². The molecule has 14 heteroatoms. The van der Waals surface area contributed by atoms with Gasteiger partial charge in [0.2, 0.25) is 11.8 Å². The Morgan fingerprint density at radius 1 is 1.05 bits per heavy atom. The first kappa shape index (κ1) is 30.7. The predicted octanol–water partition coefficient (Wildman–Crippen LogP) is 1.06. The van der Waals surface area contributed by atoms with Crippen LogP contribution in [-0.2, 0) is 19.1 Å². The fourth-order valence-electron chi connectivity index (χ4n) is 7.32. The molecule has 0 radical (unpaired) electrons. The van der Waals surface area contributed by atoms with Gasteiger partial charge in [-0.15, -0.1) is 23.4 Å². The third-order valence-corrected chi connectivity index (χ3v) is 11.1. The quantitative estimate of drug-likeness (QED) is 0.214. The topological polar surface area (TPSA) is 116 Å². The smallest absolute Gasteiger partial charge is 0.346 e. The van der Waals surface area contributed by atoms with Crippen molar-refractivity contribution >= 4 is 35.2 Å². The molecule has 5 heterocycles. The van der Waals surface area contributed by atoms with Crippen molar-refractivity contribution in [3.63, 3.8) is 0 Å². The van der Waals surface area contributed by atoms with Gasteiger partial charge in [-0.2, -0.15) is 8.78 Å². The maximum Gasteiger partial charge on any atom is 0.346 e. The van der Waals surface area contributed by atoms with Gasteiger partial charge >= 0.3 is 6.61 Å². The summed E-state index contributed by atoms with van der Waals surface area (Å²) in [6.07, 6.45) is 1.83. The second kappa shape index (κ2) is 13.2. The minimum Gasteiger partial charge on any atom is -0.380 e. The van der Waals surface area contributed by atoms with Crippen molar-refractivity contribution in [3.05, 3.63) is 0 Å². The molecule has 5 aliphatic heterocycles. The van der Waals surface area contributed by atoms with Crippen LogP contribution >= 0.6 is 23.4 Å². The van der Waals surface area contributed by atoms with Gasteiger partial charge in [-0.1, -0.05) is 0 Å². The van der Waals surface area contributed by atoms with Gasteiger partial charge in [-0.25, -0.2) is 0 Å². The normalized spacial score (nSPS) is 44.0. The van der Waals surface area contributed by atoms with Gasteiger partial charge in [-0.05, 0) is 51.4 Å². The fourth-order valence-corrected chi connectivity index (χ4v) is 9.03. The Hall–Kier alpha value is -0.800. The first-order valence-electron chi connectivity index (χ1n) is 14.5. The highest BCUT2D eigenvalue weighted by molar-refractivity contribution is 8.00. The molecule has 0 saturated carbocycles. The Balaban J connectivity index is 1.13. The number of alkyl halides is 3. The average Bonchev–Trinajstić information content (AvgIpc) is 3.47. The van der Waals surface area contributed by atoms with Gasteiger partial charge in [0.15, 0.2) is 0 Å². The Kier molecular flexibility index (Phi) is 10.1. The molecule has 0 bridgehead atoms. The van der Waals surface area contributed by atoms with Crippen molar-refractivity contribution in [2.24, 2.45) is 23.7 Å². The van der Waals surface area contributed by atoms with E-state index in [-0.39, 0.29) is 69.9 Å². The van der Waals surface area contributed by atoms with E-state index in [2.05, 4.69) is 38.2 Å². The highest BCUT2D eigenvalue weighted by atomic mass is 35.5. The van der Waals surface area contributed by atoms with Crippen LogP contribution in [0.25, 0.3) is 0 Å². The Bertz CT molecular complexity index is 899. The summed E-state index contributed by atoms with van der Waals surface area (Å²) in [7, 11) is 1.73. The third kappa shape index (κ3) is 6.88. The van der Waals surface area contributed by atoms with Gasteiger partial charge < -0.3 is 25.0 Å². The van der Waals surface area contributed by atoms with Crippen LogP contribution in [0.2, 0.25) is 0 Å². The monoisotopic (exact) mass is 608 g/mol. The number of thioether (sulfide) groups is 1. The average molecular weight is 609 g/mol. The van der Waals surface area contributed by atoms with Crippen LogP contribution in [0.4, 0.5) is 8.78 Å². The Morgan fingerprint density at radius 3 is 2.55 bits per heavy atom. The summed E-state index contributed by atoms with van der Waals surface area (Å²) in [5.74, 6) is -0.00493. The lowest BCUT2D eigenvalue weighted by Crippen LogP contribution is -2.57. The Labute approximate surface area is 244 Å². The summed E-state index contributed by atoms with van der Waals surface area (Å²) >= 11 is 8.12. The Morgan fingerprint density at radius 2 is 1.85 bits per heavy atom. The number of carbonyl (C=O) groups excluding carboxylic acids is 2. The first-order chi connectivity index (χ1) is 19.1. The van der Waals surface area contributed by atoms with E-state index in [9.17, 15) is 18.4 Å². The molecule has 2 amide bonds. The molecule has 0 aromatic carbocycles. The third-order valence-electron chi connectivity index (χ3n) is 9.42. The molecule has 5 rings (SSSR count). The van der Waals surface area contributed by atoms with E-state index in [1.807, 2.05) is 11.8 Å². The molecule has 5 fully saturated rings. The molecule has 12 atom stereocenters. The molecule has 5 saturated heterocycles. The summed E-state index contributed by atoms with van der Waals surface area (Å²) in [5.41, 5.74) is -0.337. The second-order valence-corrected chi connectivity index (χ2v) is 13.8. The summed E-state index contributed by atoms with van der Waals surface area (Å²) in [6, 6.07) is 0.159. The molecule has 0 aromatic heterocycles. The summed E-state index contributed by atoms with van der Waals surface area (Å²) < 4.78 is 35.5. The van der Waals surface area contributed by atoms with Crippen molar-refractivity contribution in [2.45, 2.75) is 92.8 Å². The predicted molar refractivity (Wildman–Crippen MR) is 149 cm³/mol. The number of rotatable bonds is 7. The van der Waals surface area contributed by atoms with Gasteiger partial charge in [0, 0.05) is 56.7 Å². The molecular formula is C26H43ClF2N6O4S. The lowest BCUT2D eigenvalue weighted by atomic mass is 9.70. The van der Waals surface area contributed by atoms with Crippen molar-refractivity contribution in [1.29, 1.82) is 0 Å². The highest BCUT2D eigenvalue weighted by Gasteiger charge is 2.48. The number of nitrogens with one attached hydrogen (secondary N) is 5. The van der Waals surface area contributed by atoms with E-state index in [1.165, 1.54) is 0 Å². The van der Waals surface area contributed by atoms with Crippen LogP contribution in [0, 0.1) is 23.7 Å². The lowest BCUT2D eigenvalue weighted by Gasteiger charge is -2.45. The van der Waals surface area contributed by atoms with E-state index >= 15 is 0 Å². The molecule has 5 N–H and O–H groups in total. The summed E-state index contributed by atoms with van der Waals surface area (Å²) in [4.78, 5) is 28.8. The molecule has 0 aromatic rings. The van der Waals surface area contributed by atoms with Gasteiger partial charge in [0.1, 0.15) is 11.7 Å². The van der Waals surface area contributed by atoms with Gasteiger partial charge in [0.05, 0.1) is 23.4 Å². The van der Waals surface area contributed by atoms with E-state index in [1.54, 1.807) is 18.9 Å². The van der Waals surface area contributed by atoms with E-state index in [0.29, 0.717) is 45.1 Å². The number of nitrogens with zero attached hydrogens (tertiary/aromatic N) is 1. The van der Waals surface area contributed by atoms with Gasteiger partial charge in [0.25, 0.3) is 0 Å². The standard InChI is InChI=1S/C26H43ClF2N6O4S/c1-12-6-15(16-7-21(27)31-9-19(16)38-3)17(8-30-12)23(36)34-26-33-18-10-35(11-20(18)40-26)24(37)14-4-5-22(32-13(14)2)39-25(28)29/h12-22,25-26,30-33H,4-11H2,1-3H3,(H,34,36). The zero-order valence-electron chi connectivity index (χ0n) is 23.3. The maximum absolute atomic E-state index is 13.6. The number of methoxy groups -OCH3 is 1. The first-order valence-corrected chi connectivity index (χ1v) is 15.8. The molecule has 0 aliphatic carbocycles. The second-order valence-electron chi connectivity index (χ2n) is 12.0. The van der Waals surface area contributed by atoms with Crippen LogP contribution in [0.15, 0.2) is 0 Å². The van der Waals surface area contributed by atoms with Crippen LogP contribution in [0.1, 0.15) is 39.5 Å². The van der Waals surface area contributed by atoms with Crippen LogP contribution in [0.5, 0.6) is 0 Å². The molecule has 228 valence electrons. The minimum absolute atomic E-state index is 0.0206. The zero-order valence-corrected chi connectivity index (χ0v) is 24.9. The summed E-state index contributed by atoms with van der Waals surface area (Å²) in [6.45, 7) is 3.63. The SMILES string of the molecule is COC1CNC(Cl)CC1C1CC(C)NCC1C(=O)NC1NC2CN(C(=O)C3CCC(OC(F)F)NC3C)CC2S1. The summed E-state index contributed by atoms with van der Waals surface area (Å²) in [5, 5.41) is 16.7. The molecule has 10 nitrogen and oxygen atoms in total. The number of halogens is 3. The number of hydrogen-bond donors (Lipinski definition) is 5. The van der Waals surface area contributed by atoms with E-state index < -0.39 is 12.8 Å². The lowest BCUT2D eigenvalue weighted by molar-refractivity contribution is -0.183. The van der Waals surface area contributed by atoms with Crippen LogP contribution in [0.3, 0.4) is 0 Å². The maximum atomic E-state index is 13.6. The van der Waals surface area contributed by atoms with Crippen molar-refractivity contribution in [2.75, 3.05) is 33.3 Å². The molecular weight excluding hydrogens is 566 g/mol. The largest absolute Gasteiger partial charge is 0.380 e. The van der Waals surface area contributed by atoms with Gasteiger partial charge in [-0.3, -0.25) is 25.5 Å². The van der Waals surface area contributed by atoms with Crippen LogP contribution < -0.4 is 26.6 Å². The number of piperidine rings is 3. The highest BCUT2D eigenvalue weighted by Crippen LogP contribution is 2.39. The number of carbonyl (C=O) groups is 2. The van der Waals surface area contributed by atoms with Crippen molar-refractivity contribution < 1.29 is 27.8 Å². The number of amides is 2. The number of hydrogen-bond acceptors (Lipinski definition) is 9. The van der Waals surface area contributed by atoms with E-state index in [0.717, 1.165) is 12.8 Å². The zero-order chi connectivity index (χ0) is 28.6.